The van der Waals surface area contributed by atoms with Crippen molar-refractivity contribution in [3.05, 3.63) is 35.1 Å². The van der Waals surface area contributed by atoms with E-state index in [-0.39, 0.29) is 0 Å². The highest BCUT2D eigenvalue weighted by Crippen LogP contribution is 2.45. The summed E-state index contributed by atoms with van der Waals surface area (Å²) in [5.41, 5.74) is 2.43. The van der Waals surface area contributed by atoms with Crippen LogP contribution in [0, 0.1) is 0 Å². The molecule has 5 nitrogen and oxygen atoms in total. The zero-order valence-electron chi connectivity index (χ0n) is 13.4. The highest BCUT2D eigenvalue weighted by atomic mass is 32.1. The maximum Gasteiger partial charge on any atom is 0.208 e. The summed E-state index contributed by atoms with van der Waals surface area (Å²) in [6.07, 6.45) is 5.17. The third-order valence-electron chi connectivity index (χ3n) is 5.42. The maximum absolute atomic E-state index is 4.93. The molecular formula is C18H19N5S. The van der Waals surface area contributed by atoms with Gasteiger partial charge in [0.15, 0.2) is 0 Å². The Kier molecular flexibility index (Phi) is 2.66. The zero-order chi connectivity index (χ0) is 15.7. The lowest BCUT2D eigenvalue weighted by atomic mass is 10.1. The summed E-state index contributed by atoms with van der Waals surface area (Å²) in [5, 5.41) is 11.1. The smallest absolute Gasteiger partial charge is 0.208 e. The fourth-order valence-electron chi connectivity index (χ4n) is 3.70. The highest BCUT2D eigenvalue weighted by molar-refractivity contribution is 7.15. The molecule has 1 aliphatic heterocycles. The van der Waals surface area contributed by atoms with Crippen LogP contribution in [0.3, 0.4) is 0 Å². The quantitative estimate of drug-likeness (QED) is 0.728. The van der Waals surface area contributed by atoms with Crippen LogP contribution in [-0.4, -0.2) is 32.8 Å². The van der Waals surface area contributed by atoms with Gasteiger partial charge in [-0.25, -0.2) is 4.98 Å². The van der Waals surface area contributed by atoms with Gasteiger partial charge in [0.25, 0.3) is 0 Å². The molecule has 3 aliphatic rings. The number of para-hydroxylation sites is 2. The minimum absolute atomic E-state index is 0.515. The number of fused-ring (bicyclic) bond motifs is 1. The number of hydrogen-bond acceptors (Lipinski definition) is 5. The van der Waals surface area contributed by atoms with Crippen LogP contribution in [-0.2, 0) is 0 Å². The van der Waals surface area contributed by atoms with Crippen molar-refractivity contribution in [2.75, 3.05) is 18.0 Å². The standard InChI is InChI=1S/C18H19N5S/c1-2-4-15-14(3-1)19-16(11-5-6-11)23(15)13-9-22(10-13)18-21-20-17(24-18)12-7-8-12/h1-4,11-13H,5-10H2. The minimum Gasteiger partial charge on any atom is -0.342 e. The van der Waals surface area contributed by atoms with Crippen molar-refractivity contribution < 1.29 is 0 Å². The summed E-state index contributed by atoms with van der Waals surface area (Å²) in [4.78, 5) is 7.30. The molecule has 2 saturated carbocycles. The number of rotatable bonds is 4. The van der Waals surface area contributed by atoms with Crippen molar-refractivity contribution in [3.8, 4) is 0 Å². The molecule has 122 valence electrons. The van der Waals surface area contributed by atoms with Crippen LogP contribution in [0.5, 0.6) is 0 Å². The fraction of sp³-hybridized carbons (Fsp3) is 0.500. The predicted molar refractivity (Wildman–Crippen MR) is 94.8 cm³/mol. The molecule has 0 N–H and O–H groups in total. The third-order valence-corrected chi connectivity index (χ3v) is 6.57. The number of benzene rings is 1. The van der Waals surface area contributed by atoms with Crippen molar-refractivity contribution in [1.29, 1.82) is 0 Å². The number of hydrogen-bond donors (Lipinski definition) is 0. The van der Waals surface area contributed by atoms with Gasteiger partial charge in [0.2, 0.25) is 5.13 Å². The number of anilines is 1. The monoisotopic (exact) mass is 337 g/mol. The Bertz CT molecular complexity index is 915. The molecule has 6 rings (SSSR count). The van der Waals surface area contributed by atoms with Gasteiger partial charge in [-0.15, -0.1) is 10.2 Å². The summed E-state index contributed by atoms with van der Waals surface area (Å²) in [6.45, 7) is 2.05. The molecular weight excluding hydrogens is 318 g/mol. The van der Waals surface area contributed by atoms with Crippen LogP contribution in [0.4, 0.5) is 5.13 Å². The van der Waals surface area contributed by atoms with E-state index in [0.29, 0.717) is 17.9 Å². The van der Waals surface area contributed by atoms with Crippen molar-refractivity contribution >= 4 is 27.5 Å². The first kappa shape index (κ1) is 13.4. The summed E-state index contributed by atoms with van der Waals surface area (Å²) >= 11 is 1.79. The fourth-order valence-corrected chi connectivity index (χ4v) is 4.73. The Morgan fingerprint density at radius 1 is 0.958 bits per heavy atom. The molecule has 1 saturated heterocycles. The third kappa shape index (κ3) is 2.02. The topological polar surface area (TPSA) is 46.8 Å². The Balaban J connectivity index is 1.29. The van der Waals surface area contributed by atoms with Gasteiger partial charge < -0.3 is 9.47 Å². The molecule has 0 radical (unpaired) electrons. The van der Waals surface area contributed by atoms with Crippen LogP contribution in [0.25, 0.3) is 11.0 Å². The predicted octanol–water partition coefficient (Wildman–Crippen LogP) is 3.70. The van der Waals surface area contributed by atoms with Crippen LogP contribution in [0.2, 0.25) is 0 Å². The molecule has 6 heteroatoms. The normalized spacial score (nSPS) is 21.4. The van der Waals surface area contributed by atoms with E-state index >= 15 is 0 Å². The first-order valence-electron chi connectivity index (χ1n) is 8.92. The molecule has 0 spiro atoms. The van der Waals surface area contributed by atoms with Gasteiger partial charge in [0.05, 0.1) is 17.1 Å². The largest absolute Gasteiger partial charge is 0.342 e. The van der Waals surface area contributed by atoms with Crippen molar-refractivity contribution in [1.82, 2.24) is 19.7 Å². The molecule has 3 heterocycles. The number of nitrogens with zero attached hydrogens (tertiary/aromatic N) is 5. The lowest BCUT2D eigenvalue weighted by molar-refractivity contribution is 0.397. The van der Waals surface area contributed by atoms with Gasteiger partial charge in [-0.2, -0.15) is 0 Å². The Labute approximate surface area is 144 Å². The Morgan fingerprint density at radius 3 is 2.54 bits per heavy atom. The lowest BCUT2D eigenvalue weighted by Gasteiger charge is -2.40. The van der Waals surface area contributed by atoms with E-state index in [1.165, 1.54) is 42.0 Å². The van der Waals surface area contributed by atoms with Gasteiger partial charge in [0.1, 0.15) is 10.8 Å². The molecule has 3 fully saturated rings. The second kappa shape index (κ2) is 4.79. The zero-order valence-corrected chi connectivity index (χ0v) is 14.2. The van der Waals surface area contributed by atoms with E-state index in [1.807, 2.05) is 0 Å². The lowest BCUT2D eigenvalue weighted by Crippen LogP contribution is -2.48. The molecule has 0 amide bonds. The maximum atomic E-state index is 4.93. The molecule has 2 aromatic heterocycles. The van der Waals surface area contributed by atoms with Crippen molar-refractivity contribution in [2.24, 2.45) is 0 Å². The molecule has 0 atom stereocenters. The van der Waals surface area contributed by atoms with Gasteiger partial charge in [-0.3, -0.25) is 0 Å². The van der Waals surface area contributed by atoms with E-state index in [0.717, 1.165) is 23.7 Å². The first-order valence-corrected chi connectivity index (χ1v) is 9.73. The number of aromatic nitrogens is 4. The summed E-state index contributed by atoms with van der Waals surface area (Å²) < 4.78 is 2.51. The second-order valence-electron chi connectivity index (χ2n) is 7.36. The van der Waals surface area contributed by atoms with Gasteiger partial charge >= 0.3 is 0 Å². The van der Waals surface area contributed by atoms with Crippen molar-refractivity contribution in [3.63, 3.8) is 0 Å². The van der Waals surface area contributed by atoms with E-state index < -0.39 is 0 Å². The first-order chi connectivity index (χ1) is 11.9. The van der Waals surface area contributed by atoms with E-state index in [2.05, 4.69) is 43.9 Å². The van der Waals surface area contributed by atoms with E-state index in [1.54, 1.807) is 11.3 Å². The van der Waals surface area contributed by atoms with Crippen LogP contribution >= 0.6 is 11.3 Å². The molecule has 2 aliphatic carbocycles. The summed E-state index contributed by atoms with van der Waals surface area (Å²) in [6, 6.07) is 9.08. The van der Waals surface area contributed by atoms with E-state index in [4.69, 9.17) is 4.98 Å². The number of imidazole rings is 1. The molecule has 3 aromatic rings. The molecule has 0 bridgehead atoms. The average molecular weight is 337 g/mol. The van der Waals surface area contributed by atoms with Gasteiger partial charge in [-0.1, -0.05) is 23.5 Å². The average Bonchev–Trinajstić information content (AvgIpc) is 3.49. The van der Waals surface area contributed by atoms with Gasteiger partial charge in [-0.05, 0) is 37.8 Å². The summed E-state index contributed by atoms with van der Waals surface area (Å²) in [5.74, 6) is 2.68. The van der Waals surface area contributed by atoms with E-state index in [9.17, 15) is 0 Å². The SMILES string of the molecule is c1ccc2c(c1)nc(C1CC1)n2C1CN(c2nnc(C3CC3)s2)C1. The van der Waals surface area contributed by atoms with Crippen LogP contribution in [0.15, 0.2) is 24.3 Å². The highest BCUT2D eigenvalue weighted by Gasteiger charge is 2.38. The Morgan fingerprint density at radius 2 is 1.75 bits per heavy atom. The molecule has 24 heavy (non-hydrogen) atoms. The van der Waals surface area contributed by atoms with Crippen LogP contribution < -0.4 is 4.90 Å². The second-order valence-corrected chi connectivity index (χ2v) is 8.35. The summed E-state index contributed by atoms with van der Waals surface area (Å²) in [7, 11) is 0. The molecule has 0 unspecified atom stereocenters. The van der Waals surface area contributed by atoms with Crippen molar-refractivity contribution in [2.45, 2.75) is 43.6 Å². The van der Waals surface area contributed by atoms with Gasteiger partial charge in [0, 0.05) is 24.9 Å². The Hall–Kier alpha value is -1.95. The van der Waals surface area contributed by atoms with Crippen LogP contribution in [0.1, 0.15) is 54.4 Å². The molecule has 1 aromatic carbocycles. The minimum atomic E-state index is 0.515.